The van der Waals surface area contributed by atoms with Crippen LogP contribution in [0.4, 0.5) is 5.69 Å². The molecule has 1 heterocycles. The van der Waals surface area contributed by atoms with Crippen molar-refractivity contribution in [2.75, 3.05) is 11.9 Å². The number of amides is 2. The van der Waals surface area contributed by atoms with E-state index in [9.17, 15) is 14.7 Å². The van der Waals surface area contributed by atoms with Gasteiger partial charge < -0.3 is 26.8 Å². The van der Waals surface area contributed by atoms with Gasteiger partial charge in [0.1, 0.15) is 17.8 Å². The minimum Gasteiger partial charge on any atom is -0.508 e. The summed E-state index contributed by atoms with van der Waals surface area (Å²) in [6, 6.07) is 13.6. The lowest BCUT2D eigenvalue weighted by molar-refractivity contribution is -0.129. The van der Waals surface area contributed by atoms with E-state index in [2.05, 4.69) is 22.0 Å². The smallest absolute Gasteiger partial charge is 0.243 e. The molecule has 2 aromatic rings. The molecule has 0 saturated carbocycles. The van der Waals surface area contributed by atoms with Crippen LogP contribution in [-0.4, -0.2) is 35.5 Å². The van der Waals surface area contributed by atoms with Crippen LogP contribution in [0.3, 0.4) is 0 Å². The summed E-state index contributed by atoms with van der Waals surface area (Å²) >= 11 is 0. The molecule has 0 bridgehead atoms. The molecule has 2 aromatic carbocycles. The second-order valence-electron chi connectivity index (χ2n) is 7.27. The quantitative estimate of drug-likeness (QED) is 0.465. The van der Waals surface area contributed by atoms with Crippen LogP contribution in [0, 0.1) is 0 Å². The maximum absolute atomic E-state index is 12.8. The number of fused-ring (bicyclic) bond motifs is 1. The highest BCUT2D eigenvalue weighted by Crippen LogP contribution is 2.24. The number of aryl methyl sites for hydroxylation is 1. The van der Waals surface area contributed by atoms with Gasteiger partial charge in [0.25, 0.3) is 0 Å². The fraction of sp³-hybridized carbons (Fsp3) is 0.364. The SMILES string of the molecule is NCCC[C@H](NC(=O)C1CCc2ccccc2N1)C(=O)NCc1ccc(O)cc1. The average molecular weight is 396 g/mol. The number of hydrogen-bond donors (Lipinski definition) is 5. The predicted molar refractivity (Wildman–Crippen MR) is 112 cm³/mol. The fourth-order valence-corrected chi connectivity index (χ4v) is 3.42. The van der Waals surface area contributed by atoms with Crippen molar-refractivity contribution in [1.82, 2.24) is 10.6 Å². The maximum atomic E-state index is 12.8. The van der Waals surface area contributed by atoms with Crippen molar-refractivity contribution >= 4 is 17.5 Å². The van der Waals surface area contributed by atoms with E-state index in [0.29, 0.717) is 32.4 Å². The summed E-state index contributed by atoms with van der Waals surface area (Å²) in [5, 5.41) is 18.4. The minimum absolute atomic E-state index is 0.176. The minimum atomic E-state index is -0.637. The van der Waals surface area contributed by atoms with Crippen molar-refractivity contribution < 1.29 is 14.7 Å². The molecule has 3 rings (SSSR count). The van der Waals surface area contributed by atoms with Gasteiger partial charge in [-0.1, -0.05) is 30.3 Å². The fourth-order valence-electron chi connectivity index (χ4n) is 3.42. The zero-order valence-corrected chi connectivity index (χ0v) is 16.4. The molecular weight excluding hydrogens is 368 g/mol. The Morgan fingerprint density at radius 3 is 2.69 bits per heavy atom. The van der Waals surface area contributed by atoms with E-state index < -0.39 is 6.04 Å². The predicted octanol–water partition coefficient (Wildman–Crippen LogP) is 1.66. The summed E-state index contributed by atoms with van der Waals surface area (Å²) in [4.78, 5) is 25.5. The van der Waals surface area contributed by atoms with Crippen LogP contribution in [0.15, 0.2) is 48.5 Å². The Morgan fingerprint density at radius 2 is 1.93 bits per heavy atom. The van der Waals surface area contributed by atoms with Crippen LogP contribution >= 0.6 is 0 Å². The number of phenols is 1. The highest BCUT2D eigenvalue weighted by molar-refractivity contribution is 5.91. The molecule has 7 nitrogen and oxygen atoms in total. The second kappa shape index (κ2) is 9.93. The van der Waals surface area contributed by atoms with E-state index in [1.807, 2.05) is 18.2 Å². The summed E-state index contributed by atoms with van der Waals surface area (Å²) in [6.45, 7) is 0.774. The molecule has 29 heavy (non-hydrogen) atoms. The zero-order valence-electron chi connectivity index (χ0n) is 16.4. The van der Waals surface area contributed by atoms with E-state index in [1.165, 1.54) is 5.56 Å². The van der Waals surface area contributed by atoms with E-state index in [0.717, 1.165) is 17.7 Å². The Bertz CT molecular complexity index is 838. The van der Waals surface area contributed by atoms with Crippen molar-refractivity contribution in [2.24, 2.45) is 5.73 Å². The lowest BCUT2D eigenvalue weighted by Crippen LogP contribution is -2.51. The van der Waals surface area contributed by atoms with Gasteiger partial charge in [-0.15, -0.1) is 0 Å². The highest BCUT2D eigenvalue weighted by atomic mass is 16.3. The third-order valence-corrected chi connectivity index (χ3v) is 5.10. The van der Waals surface area contributed by atoms with Crippen LogP contribution < -0.4 is 21.7 Å². The third kappa shape index (κ3) is 5.71. The van der Waals surface area contributed by atoms with Crippen LogP contribution in [0.25, 0.3) is 0 Å². The normalized spacial score (nSPS) is 16.2. The molecule has 6 N–H and O–H groups in total. The summed E-state index contributed by atoms with van der Waals surface area (Å²) in [7, 11) is 0. The molecule has 0 aliphatic carbocycles. The first-order chi connectivity index (χ1) is 14.1. The molecule has 0 saturated heterocycles. The third-order valence-electron chi connectivity index (χ3n) is 5.10. The number of para-hydroxylation sites is 1. The Morgan fingerprint density at radius 1 is 1.17 bits per heavy atom. The maximum Gasteiger partial charge on any atom is 0.243 e. The largest absolute Gasteiger partial charge is 0.508 e. The Balaban J connectivity index is 1.58. The van der Waals surface area contributed by atoms with Gasteiger partial charge in [-0.3, -0.25) is 9.59 Å². The van der Waals surface area contributed by atoms with Gasteiger partial charge in [0.2, 0.25) is 11.8 Å². The molecular formula is C22H28N4O3. The van der Waals surface area contributed by atoms with Gasteiger partial charge in [0.05, 0.1) is 0 Å². The topological polar surface area (TPSA) is 116 Å². The summed E-state index contributed by atoms with van der Waals surface area (Å²) in [5.41, 5.74) is 8.63. The van der Waals surface area contributed by atoms with Gasteiger partial charge >= 0.3 is 0 Å². The molecule has 0 radical (unpaired) electrons. The van der Waals surface area contributed by atoms with E-state index in [4.69, 9.17) is 5.73 Å². The number of anilines is 1. The standard InChI is InChI=1S/C22H28N4O3/c23-13-3-6-19(21(28)24-14-15-7-10-17(27)11-8-15)26-22(29)20-12-9-16-4-1-2-5-18(16)25-20/h1-2,4-5,7-8,10-11,19-20,25,27H,3,6,9,12-14,23H2,(H,24,28)(H,26,29)/t19-,20?/m0/s1. The molecule has 2 amide bonds. The number of nitrogens with one attached hydrogen (secondary N) is 3. The number of rotatable bonds is 8. The number of carbonyl (C=O) groups excluding carboxylic acids is 2. The number of carbonyl (C=O) groups is 2. The summed E-state index contributed by atoms with van der Waals surface area (Å²) in [5.74, 6) is -0.243. The van der Waals surface area contributed by atoms with E-state index in [-0.39, 0.29) is 23.6 Å². The lowest BCUT2D eigenvalue weighted by atomic mass is 9.97. The van der Waals surface area contributed by atoms with Gasteiger partial charge in [0, 0.05) is 12.2 Å². The molecule has 0 spiro atoms. The molecule has 0 aromatic heterocycles. The molecule has 1 aliphatic heterocycles. The van der Waals surface area contributed by atoms with Gasteiger partial charge in [-0.25, -0.2) is 0 Å². The van der Waals surface area contributed by atoms with Crippen molar-refractivity contribution in [2.45, 2.75) is 44.3 Å². The van der Waals surface area contributed by atoms with Crippen molar-refractivity contribution in [1.29, 1.82) is 0 Å². The van der Waals surface area contributed by atoms with Gasteiger partial charge in [-0.05, 0) is 61.6 Å². The molecule has 2 atom stereocenters. The van der Waals surface area contributed by atoms with Gasteiger partial charge in [-0.2, -0.15) is 0 Å². The van der Waals surface area contributed by atoms with Crippen LogP contribution in [-0.2, 0) is 22.6 Å². The first-order valence-corrected chi connectivity index (χ1v) is 9.97. The number of benzene rings is 2. The lowest BCUT2D eigenvalue weighted by Gasteiger charge is -2.28. The van der Waals surface area contributed by atoms with Gasteiger partial charge in [0.15, 0.2) is 0 Å². The molecule has 154 valence electrons. The zero-order chi connectivity index (χ0) is 20.6. The monoisotopic (exact) mass is 396 g/mol. The molecule has 0 fully saturated rings. The Labute approximate surface area is 170 Å². The summed E-state index contributed by atoms with van der Waals surface area (Å²) < 4.78 is 0. The first-order valence-electron chi connectivity index (χ1n) is 9.97. The number of nitrogens with two attached hydrogens (primary N) is 1. The Kier molecular flexibility index (Phi) is 7.08. The first kappa shape index (κ1) is 20.7. The van der Waals surface area contributed by atoms with E-state index >= 15 is 0 Å². The number of phenolic OH excluding ortho intramolecular Hbond substituents is 1. The van der Waals surface area contributed by atoms with Crippen molar-refractivity contribution in [3.63, 3.8) is 0 Å². The van der Waals surface area contributed by atoms with Crippen molar-refractivity contribution in [3.8, 4) is 5.75 Å². The average Bonchev–Trinajstić information content (AvgIpc) is 2.75. The number of aromatic hydroxyl groups is 1. The van der Waals surface area contributed by atoms with Crippen LogP contribution in [0.5, 0.6) is 5.75 Å². The Hall–Kier alpha value is -3.06. The van der Waals surface area contributed by atoms with E-state index in [1.54, 1.807) is 24.3 Å². The highest BCUT2D eigenvalue weighted by Gasteiger charge is 2.27. The second-order valence-corrected chi connectivity index (χ2v) is 7.27. The van der Waals surface area contributed by atoms with Crippen LogP contribution in [0.1, 0.15) is 30.4 Å². The summed E-state index contributed by atoms with van der Waals surface area (Å²) in [6.07, 6.45) is 2.62. The molecule has 7 heteroatoms. The molecule has 1 aliphatic rings. The van der Waals surface area contributed by atoms with Crippen LogP contribution in [0.2, 0.25) is 0 Å². The van der Waals surface area contributed by atoms with Crippen molar-refractivity contribution in [3.05, 3.63) is 59.7 Å². The number of hydrogen-bond acceptors (Lipinski definition) is 5. The molecule has 1 unspecified atom stereocenters.